The molecule has 0 radical (unpaired) electrons. The second-order valence-corrected chi connectivity index (χ2v) is 7.45. The van der Waals surface area contributed by atoms with Crippen LogP contribution in [-0.4, -0.2) is 11.0 Å². The normalized spacial score (nSPS) is 13.5. The van der Waals surface area contributed by atoms with E-state index in [9.17, 15) is 0 Å². The molecular formula is C22H24Cl2N2. The van der Waals surface area contributed by atoms with E-state index in [1.165, 1.54) is 39.2 Å². The number of benzene rings is 2. The smallest absolute Gasteiger partial charge is 0.0495 e. The molecule has 0 saturated carbocycles. The third-order valence-corrected chi connectivity index (χ3v) is 5.31. The molecule has 0 bridgehead atoms. The fourth-order valence-corrected chi connectivity index (χ4v) is 4.05. The summed E-state index contributed by atoms with van der Waals surface area (Å²) < 4.78 is 0. The van der Waals surface area contributed by atoms with Crippen LogP contribution in [0.5, 0.6) is 0 Å². The number of rotatable bonds is 4. The number of hydrogen-bond acceptors (Lipinski definition) is 1. The molecule has 4 heteroatoms. The van der Waals surface area contributed by atoms with Gasteiger partial charge in [0.15, 0.2) is 0 Å². The average Bonchev–Trinajstić information content (AvgIpc) is 2.99. The van der Waals surface area contributed by atoms with Gasteiger partial charge in [0.25, 0.3) is 0 Å². The largest absolute Gasteiger partial charge is 0.358 e. The first-order valence-electron chi connectivity index (χ1n) is 8.97. The first-order chi connectivity index (χ1) is 12.1. The van der Waals surface area contributed by atoms with Gasteiger partial charge in [-0.2, -0.15) is 0 Å². The van der Waals surface area contributed by atoms with E-state index in [0.29, 0.717) is 0 Å². The molecule has 3 aromatic rings. The second kappa shape index (κ2) is 7.87. The Morgan fingerprint density at radius 2 is 1.88 bits per heavy atom. The van der Waals surface area contributed by atoms with Crippen LogP contribution in [0.2, 0.25) is 5.02 Å². The molecule has 136 valence electrons. The van der Waals surface area contributed by atoms with Crippen LogP contribution >= 0.6 is 24.0 Å². The van der Waals surface area contributed by atoms with Gasteiger partial charge in [0.1, 0.15) is 0 Å². The molecule has 0 saturated heterocycles. The highest BCUT2D eigenvalue weighted by atomic mass is 35.5. The average molecular weight is 387 g/mol. The Kier molecular flexibility index (Phi) is 5.76. The van der Waals surface area contributed by atoms with Crippen LogP contribution in [0, 0.1) is 0 Å². The van der Waals surface area contributed by atoms with E-state index >= 15 is 0 Å². The number of halogens is 2. The number of nitrogens with one attached hydrogen (secondary N) is 1. The number of hydrogen-bond donors (Lipinski definition) is 2. The van der Waals surface area contributed by atoms with Crippen molar-refractivity contribution in [3.63, 3.8) is 0 Å². The van der Waals surface area contributed by atoms with Gasteiger partial charge in [0.05, 0.1) is 0 Å². The molecule has 2 nitrogen and oxygen atoms in total. The molecule has 0 spiro atoms. The summed E-state index contributed by atoms with van der Waals surface area (Å²) in [6.07, 6.45) is 4.02. The predicted molar refractivity (Wildman–Crippen MR) is 113 cm³/mol. The van der Waals surface area contributed by atoms with E-state index in [4.69, 9.17) is 17.3 Å². The maximum Gasteiger partial charge on any atom is 0.0495 e. The second-order valence-electron chi connectivity index (χ2n) is 7.02. The van der Waals surface area contributed by atoms with Gasteiger partial charge in [0.2, 0.25) is 0 Å². The highest BCUT2D eigenvalue weighted by molar-refractivity contribution is 6.30. The fourth-order valence-electron chi connectivity index (χ4n) is 3.85. The molecule has 3 N–H and O–H groups in total. The molecule has 1 heterocycles. The van der Waals surface area contributed by atoms with Gasteiger partial charge in [-0.1, -0.05) is 48.0 Å². The number of aromatic amines is 1. The lowest BCUT2D eigenvalue weighted by Gasteiger charge is -2.19. The Morgan fingerprint density at radius 1 is 1.12 bits per heavy atom. The minimum atomic E-state index is 0. The molecule has 1 atom stereocenters. The molecule has 2 aromatic carbocycles. The number of nitrogens with two attached hydrogens (primary N) is 1. The van der Waals surface area contributed by atoms with Gasteiger partial charge in [0, 0.05) is 28.0 Å². The van der Waals surface area contributed by atoms with Crippen LogP contribution in [-0.2, 0) is 19.3 Å². The molecule has 1 unspecified atom stereocenters. The Morgan fingerprint density at radius 3 is 2.62 bits per heavy atom. The van der Waals surface area contributed by atoms with Gasteiger partial charge in [-0.3, -0.25) is 0 Å². The quantitative estimate of drug-likeness (QED) is 0.584. The van der Waals surface area contributed by atoms with E-state index < -0.39 is 0 Å². The SMILES string of the molecule is CC(N)CCc1c(-c2ccccc2)[nH]c2c1-c1ccc(Cl)cc1CC2.Cl. The number of aryl methyl sites for hydroxylation is 2. The molecule has 0 fully saturated rings. The standard InChI is InChI=1S/C22H23ClN2.ClH/c1-14(24)7-10-19-21-18-11-9-17(23)13-16(18)8-12-20(21)25-22(19)15-5-3-2-4-6-15;/h2-6,9,11,13-14,25H,7-8,10,12,24H2,1H3;1H. The number of aromatic nitrogens is 1. The minimum absolute atomic E-state index is 0. The monoisotopic (exact) mass is 386 g/mol. The molecule has 0 amide bonds. The molecule has 1 aliphatic rings. The fraction of sp³-hybridized carbons (Fsp3) is 0.273. The summed E-state index contributed by atoms with van der Waals surface area (Å²) in [5, 5.41) is 0.818. The zero-order valence-electron chi connectivity index (χ0n) is 14.9. The topological polar surface area (TPSA) is 41.8 Å². The molecule has 26 heavy (non-hydrogen) atoms. The summed E-state index contributed by atoms with van der Waals surface area (Å²) in [5.41, 5.74) is 15.3. The first kappa shape index (κ1) is 19.0. The third-order valence-electron chi connectivity index (χ3n) is 5.07. The molecule has 1 aromatic heterocycles. The van der Waals surface area contributed by atoms with E-state index in [-0.39, 0.29) is 18.4 Å². The van der Waals surface area contributed by atoms with Gasteiger partial charge in [-0.25, -0.2) is 0 Å². The summed E-state index contributed by atoms with van der Waals surface area (Å²) in [5.74, 6) is 0. The van der Waals surface area contributed by atoms with Crippen LogP contribution in [0.4, 0.5) is 0 Å². The third kappa shape index (κ3) is 3.55. The van der Waals surface area contributed by atoms with Crippen LogP contribution in [0.15, 0.2) is 48.5 Å². The molecule has 1 aliphatic carbocycles. The molecular weight excluding hydrogens is 363 g/mol. The first-order valence-corrected chi connectivity index (χ1v) is 9.35. The summed E-state index contributed by atoms with van der Waals surface area (Å²) in [7, 11) is 0. The predicted octanol–water partition coefficient (Wildman–Crippen LogP) is 5.80. The Labute approximate surface area is 166 Å². The zero-order valence-corrected chi connectivity index (χ0v) is 16.5. The Hall–Kier alpha value is -1.74. The van der Waals surface area contributed by atoms with Crippen LogP contribution < -0.4 is 5.73 Å². The minimum Gasteiger partial charge on any atom is -0.358 e. The Balaban J connectivity index is 0.00000196. The lowest BCUT2D eigenvalue weighted by molar-refractivity contribution is 0.667. The van der Waals surface area contributed by atoms with Crippen molar-refractivity contribution in [3.05, 3.63) is 70.4 Å². The van der Waals surface area contributed by atoms with Gasteiger partial charge in [-0.15, -0.1) is 12.4 Å². The summed E-state index contributed by atoms with van der Waals surface area (Å²) in [4.78, 5) is 3.72. The van der Waals surface area contributed by atoms with Crippen molar-refractivity contribution in [1.29, 1.82) is 0 Å². The lowest BCUT2D eigenvalue weighted by atomic mass is 9.85. The van der Waals surface area contributed by atoms with Crippen LogP contribution in [0.3, 0.4) is 0 Å². The molecule has 0 aliphatic heterocycles. The van der Waals surface area contributed by atoms with E-state index in [0.717, 1.165) is 30.7 Å². The van der Waals surface area contributed by atoms with E-state index in [2.05, 4.69) is 54.4 Å². The van der Waals surface area contributed by atoms with E-state index in [1.807, 2.05) is 6.07 Å². The maximum atomic E-state index is 6.22. The lowest BCUT2D eigenvalue weighted by Crippen LogP contribution is -2.15. The van der Waals surface area contributed by atoms with Crippen LogP contribution in [0.1, 0.15) is 30.2 Å². The van der Waals surface area contributed by atoms with Crippen molar-refractivity contribution in [2.24, 2.45) is 5.73 Å². The van der Waals surface area contributed by atoms with Crippen molar-refractivity contribution >= 4 is 24.0 Å². The highest BCUT2D eigenvalue weighted by Crippen LogP contribution is 2.42. The van der Waals surface area contributed by atoms with Crippen molar-refractivity contribution < 1.29 is 0 Å². The van der Waals surface area contributed by atoms with E-state index in [1.54, 1.807) is 0 Å². The maximum absolute atomic E-state index is 6.22. The summed E-state index contributed by atoms with van der Waals surface area (Å²) in [6, 6.07) is 17.1. The summed E-state index contributed by atoms with van der Waals surface area (Å²) >= 11 is 6.22. The van der Waals surface area contributed by atoms with Gasteiger partial charge >= 0.3 is 0 Å². The van der Waals surface area contributed by atoms with Crippen molar-refractivity contribution in [1.82, 2.24) is 4.98 Å². The summed E-state index contributed by atoms with van der Waals surface area (Å²) in [6.45, 7) is 2.08. The number of H-pyrrole nitrogens is 1. The van der Waals surface area contributed by atoms with Gasteiger partial charge in [-0.05, 0) is 67.0 Å². The Bertz CT molecular complexity index is 898. The number of fused-ring (bicyclic) bond motifs is 3. The van der Waals surface area contributed by atoms with Gasteiger partial charge < -0.3 is 10.7 Å². The molecule has 4 rings (SSSR count). The zero-order chi connectivity index (χ0) is 17.4. The van der Waals surface area contributed by atoms with Crippen molar-refractivity contribution in [2.75, 3.05) is 0 Å². The van der Waals surface area contributed by atoms with Crippen molar-refractivity contribution in [3.8, 4) is 22.4 Å². The van der Waals surface area contributed by atoms with Crippen molar-refractivity contribution in [2.45, 2.75) is 38.6 Å². The highest BCUT2D eigenvalue weighted by Gasteiger charge is 2.25. The van der Waals surface area contributed by atoms with Crippen LogP contribution in [0.25, 0.3) is 22.4 Å².